The SMILES string of the molecule is Cc1nc(Br)ccc1NC(=O)CC1(N)CCCC1. The van der Waals surface area contributed by atoms with Gasteiger partial charge in [-0.1, -0.05) is 12.8 Å². The van der Waals surface area contributed by atoms with Gasteiger partial charge in [0.15, 0.2) is 0 Å². The fourth-order valence-electron chi connectivity index (χ4n) is 2.43. The molecule has 1 saturated carbocycles. The number of carbonyl (C=O) groups excluding carboxylic acids is 1. The number of hydrogen-bond acceptors (Lipinski definition) is 3. The largest absolute Gasteiger partial charge is 0.325 e. The molecule has 1 amide bonds. The van der Waals surface area contributed by atoms with Crippen LogP contribution in [0.25, 0.3) is 0 Å². The minimum absolute atomic E-state index is 0.0216. The third-order valence-corrected chi connectivity index (χ3v) is 3.88. The number of nitrogens with one attached hydrogen (secondary N) is 1. The van der Waals surface area contributed by atoms with E-state index < -0.39 is 0 Å². The standard InChI is InChI=1S/C13H18BrN3O/c1-9-10(4-5-11(14)16-9)17-12(18)8-13(15)6-2-3-7-13/h4-5H,2-3,6-8,15H2,1H3,(H,17,18). The summed E-state index contributed by atoms with van der Waals surface area (Å²) >= 11 is 3.30. The fourth-order valence-corrected chi connectivity index (χ4v) is 2.83. The third kappa shape index (κ3) is 3.29. The van der Waals surface area contributed by atoms with E-state index >= 15 is 0 Å². The molecule has 0 bridgehead atoms. The molecule has 18 heavy (non-hydrogen) atoms. The molecule has 0 aromatic carbocycles. The average Bonchev–Trinajstić information content (AvgIpc) is 2.69. The molecule has 0 spiro atoms. The number of nitrogens with zero attached hydrogens (tertiary/aromatic N) is 1. The van der Waals surface area contributed by atoms with E-state index in [1.54, 1.807) is 0 Å². The van der Waals surface area contributed by atoms with Crippen LogP contribution in [-0.2, 0) is 4.79 Å². The molecule has 5 heteroatoms. The highest BCUT2D eigenvalue weighted by molar-refractivity contribution is 9.10. The number of halogens is 1. The topological polar surface area (TPSA) is 68.0 Å². The third-order valence-electron chi connectivity index (χ3n) is 3.44. The van der Waals surface area contributed by atoms with Crippen LogP contribution < -0.4 is 11.1 Å². The van der Waals surface area contributed by atoms with E-state index in [4.69, 9.17) is 5.73 Å². The highest BCUT2D eigenvalue weighted by Gasteiger charge is 2.31. The second-order valence-corrected chi connectivity index (χ2v) is 5.87. The number of rotatable bonds is 3. The van der Waals surface area contributed by atoms with E-state index in [0.717, 1.165) is 41.7 Å². The van der Waals surface area contributed by atoms with E-state index in [1.165, 1.54) is 0 Å². The number of pyridine rings is 1. The van der Waals surface area contributed by atoms with Gasteiger partial charge in [0, 0.05) is 12.0 Å². The quantitative estimate of drug-likeness (QED) is 0.843. The maximum absolute atomic E-state index is 12.0. The summed E-state index contributed by atoms with van der Waals surface area (Å²) in [6.07, 6.45) is 4.53. The lowest BCUT2D eigenvalue weighted by Crippen LogP contribution is -2.40. The Morgan fingerprint density at radius 1 is 1.50 bits per heavy atom. The first kappa shape index (κ1) is 13.5. The van der Waals surface area contributed by atoms with Gasteiger partial charge in [-0.15, -0.1) is 0 Å². The minimum atomic E-state index is -0.305. The van der Waals surface area contributed by atoms with Crippen molar-refractivity contribution in [2.24, 2.45) is 5.73 Å². The van der Waals surface area contributed by atoms with Crippen LogP contribution in [0, 0.1) is 6.92 Å². The number of aryl methyl sites for hydroxylation is 1. The number of hydrogen-bond donors (Lipinski definition) is 2. The van der Waals surface area contributed by atoms with Crippen LogP contribution in [0.5, 0.6) is 0 Å². The molecule has 1 fully saturated rings. The molecule has 2 rings (SSSR count). The Bertz CT molecular complexity index is 456. The number of carbonyl (C=O) groups is 1. The van der Waals surface area contributed by atoms with Crippen molar-refractivity contribution < 1.29 is 4.79 Å². The van der Waals surface area contributed by atoms with E-state index in [1.807, 2.05) is 19.1 Å². The van der Waals surface area contributed by atoms with Gasteiger partial charge in [0.25, 0.3) is 0 Å². The summed E-state index contributed by atoms with van der Waals surface area (Å²) in [5.41, 5.74) is 7.44. The van der Waals surface area contributed by atoms with Crippen molar-refractivity contribution in [3.05, 3.63) is 22.4 Å². The van der Waals surface area contributed by atoms with Gasteiger partial charge in [0.05, 0.1) is 11.4 Å². The molecule has 1 aliphatic rings. The molecule has 1 aromatic heterocycles. The van der Waals surface area contributed by atoms with Crippen LogP contribution in [0.2, 0.25) is 0 Å². The predicted molar refractivity (Wildman–Crippen MR) is 75.3 cm³/mol. The van der Waals surface area contributed by atoms with Crippen LogP contribution in [0.3, 0.4) is 0 Å². The maximum atomic E-state index is 12.0. The molecule has 3 N–H and O–H groups in total. The Morgan fingerprint density at radius 2 is 2.17 bits per heavy atom. The van der Waals surface area contributed by atoms with E-state index in [0.29, 0.717) is 6.42 Å². The summed E-state index contributed by atoms with van der Waals surface area (Å²) in [6, 6.07) is 3.67. The van der Waals surface area contributed by atoms with Gasteiger partial charge in [-0.05, 0) is 47.8 Å². The molecule has 1 aliphatic carbocycles. The number of amides is 1. The Morgan fingerprint density at radius 3 is 2.78 bits per heavy atom. The Balaban J connectivity index is 1.98. The van der Waals surface area contributed by atoms with E-state index in [9.17, 15) is 4.79 Å². The van der Waals surface area contributed by atoms with Crippen molar-refractivity contribution in [3.63, 3.8) is 0 Å². The Labute approximate surface area is 115 Å². The van der Waals surface area contributed by atoms with Crippen LogP contribution in [0.1, 0.15) is 37.8 Å². The fraction of sp³-hybridized carbons (Fsp3) is 0.538. The van der Waals surface area contributed by atoms with Gasteiger partial charge >= 0.3 is 0 Å². The molecule has 0 atom stereocenters. The zero-order valence-corrected chi connectivity index (χ0v) is 12.1. The van der Waals surface area contributed by atoms with Gasteiger partial charge in [-0.2, -0.15) is 0 Å². The van der Waals surface area contributed by atoms with Crippen molar-refractivity contribution in [1.82, 2.24) is 4.98 Å². The first-order chi connectivity index (χ1) is 8.48. The number of anilines is 1. The monoisotopic (exact) mass is 311 g/mol. The Hall–Kier alpha value is -0.940. The van der Waals surface area contributed by atoms with Crippen LogP contribution >= 0.6 is 15.9 Å². The lowest BCUT2D eigenvalue weighted by Gasteiger charge is -2.22. The van der Waals surface area contributed by atoms with Gasteiger partial charge in [0.2, 0.25) is 5.91 Å². The summed E-state index contributed by atoms with van der Waals surface area (Å²) in [5.74, 6) is -0.0216. The molecule has 0 aliphatic heterocycles. The summed E-state index contributed by atoms with van der Waals surface area (Å²) in [7, 11) is 0. The summed E-state index contributed by atoms with van der Waals surface area (Å²) in [6.45, 7) is 1.87. The second kappa shape index (κ2) is 5.36. The van der Waals surface area contributed by atoms with Crippen molar-refractivity contribution in [3.8, 4) is 0 Å². The lowest BCUT2D eigenvalue weighted by molar-refractivity contribution is -0.117. The highest BCUT2D eigenvalue weighted by Crippen LogP contribution is 2.30. The van der Waals surface area contributed by atoms with Gasteiger partial charge in [0.1, 0.15) is 4.60 Å². The van der Waals surface area contributed by atoms with Gasteiger partial charge in [-0.3, -0.25) is 4.79 Å². The molecule has 4 nitrogen and oxygen atoms in total. The predicted octanol–water partition coefficient (Wildman–Crippen LogP) is 2.75. The minimum Gasteiger partial charge on any atom is -0.325 e. The lowest BCUT2D eigenvalue weighted by atomic mass is 9.94. The molecule has 0 unspecified atom stereocenters. The molecule has 0 saturated heterocycles. The van der Waals surface area contributed by atoms with Crippen LogP contribution in [0.4, 0.5) is 5.69 Å². The molecular weight excluding hydrogens is 294 g/mol. The number of aromatic nitrogens is 1. The number of nitrogens with two attached hydrogens (primary N) is 1. The average molecular weight is 312 g/mol. The molecule has 0 radical (unpaired) electrons. The van der Waals surface area contributed by atoms with Crippen molar-refractivity contribution in [1.29, 1.82) is 0 Å². The van der Waals surface area contributed by atoms with Crippen molar-refractivity contribution >= 4 is 27.5 Å². The second-order valence-electron chi connectivity index (χ2n) is 5.06. The molecule has 1 heterocycles. The van der Waals surface area contributed by atoms with E-state index in [2.05, 4.69) is 26.2 Å². The first-order valence-corrected chi connectivity index (χ1v) is 7.00. The zero-order valence-electron chi connectivity index (χ0n) is 10.5. The smallest absolute Gasteiger partial charge is 0.226 e. The first-order valence-electron chi connectivity index (χ1n) is 6.20. The van der Waals surface area contributed by atoms with Crippen LogP contribution in [-0.4, -0.2) is 16.4 Å². The Kier molecular flexibility index (Phi) is 4.02. The normalized spacial score (nSPS) is 17.7. The maximum Gasteiger partial charge on any atom is 0.226 e. The van der Waals surface area contributed by atoms with E-state index in [-0.39, 0.29) is 11.4 Å². The van der Waals surface area contributed by atoms with Gasteiger partial charge < -0.3 is 11.1 Å². The molecule has 98 valence electrons. The van der Waals surface area contributed by atoms with Crippen LogP contribution in [0.15, 0.2) is 16.7 Å². The highest BCUT2D eigenvalue weighted by atomic mass is 79.9. The summed E-state index contributed by atoms with van der Waals surface area (Å²) in [4.78, 5) is 16.2. The summed E-state index contributed by atoms with van der Waals surface area (Å²) < 4.78 is 0.768. The molecular formula is C13H18BrN3O. The zero-order chi connectivity index (χ0) is 13.2. The van der Waals surface area contributed by atoms with Crippen molar-refractivity contribution in [2.75, 3.05) is 5.32 Å². The van der Waals surface area contributed by atoms with Crippen molar-refractivity contribution in [2.45, 2.75) is 44.6 Å². The molecule has 1 aromatic rings. The van der Waals surface area contributed by atoms with Gasteiger partial charge in [-0.25, -0.2) is 4.98 Å². The summed E-state index contributed by atoms with van der Waals surface area (Å²) in [5, 5.41) is 2.89.